The molecule has 0 aliphatic carbocycles. The fourth-order valence-electron chi connectivity index (χ4n) is 2.61. The molecule has 1 amide bonds. The third kappa shape index (κ3) is 2.86. The van der Waals surface area contributed by atoms with Crippen LogP contribution in [0.25, 0.3) is 0 Å². The van der Waals surface area contributed by atoms with E-state index in [0.717, 1.165) is 12.1 Å². The van der Waals surface area contributed by atoms with Crippen molar-refractivity contribution < 1.29 is 22.0 Å². The molecular weight excluding hydrogens is 312 g/mol. The summed E-state index contributed by atoms with van der Waals surface area (Å²) < 4.78 is 51.6. The molecule has 0 unspecified atom stereocenters. The van der Waals surface area contributed by atoms with Gasteiger partial charge in [-0.1, -0.05) is 0 Å². The highest BCUT2D eigenvalue weighted by atomic mass is 32.2. The van der Waals surface area contributed by atoms with Crippen LogP contribution in [0.5, 0.6) is 0 Å². The number of halogens is 2. The predicted molar refractivity (Wildman–Crippen MR) is 80.5 cm³/mol. The second-order valence-electron chi connectivity index (χ2n) is 5.76. The standard InChI is InChI=1S/C15H19F2NO3S/c1-9(2)22(20,21)10(3)15(19)18-6-4-5-12-13(17)7-11(16)8-14(12)18/h7-10H,4-6H2,1-3H3/t10-/m1/s1. The average molecular weight is 331 g/mol. The predicted octanol–water partition coefficient (Wildman–Crippen LogP) is 2.46. The molecule has 4 nitrogen and oxygen atoms in total. The topological polar surface area (TPSA) is 54.5 Å². The molecule has 0 aromatic heterocycles. The lowest BCUT2D eigenvalue weighted by atomic mass is 10.0. The molecule has 7 heteroatoms. The molecule has 0 N–H and O–H groups in total. The number of fused-ring (bicyclic) bond motifs is 1. The number of carbonyl (C=O) groups is 1. The minimum atomic E-state index is -3.63. The summed E-state index contributed by atoms with van der Waals surface area (Å²) in [6.45, 7) is 4.58. The fraction of sp³-hybridized carbons (Fsp3) is 0.533. The van der Waals surface area contributed by atoms with Gasteiger partial charge >= 0.3 is 0 Å². The van der Waals surface area contributed by atoms with E-state index in [4.69, 9.17) is 0 Å². The van der Waals surface area contributed by atoms with Crippen LogP contribution in [0.2, 0.25) is 0 Å². The minimum absolute atomic E-state index is 0.138. The molecule has 1 atom stereocenters. The Bertz CT molecular complexity index is 701. The maximum absolute atomic E-state index is 13.8. The van der Waals surface area contributed by atoms with Gasteiger partial charge in [0.05, 0.1) is 10.9 Å². The molecule has 1 aliphatic heterocycles. The van der Waals surface area contributed by atoms with Gasteiger partial charge in [-0.05, 0) is 39.7 Å². The molecule has 1 aliphatic rings. The van der Waals surface area contributed by atoms with E-state index >= 15 is 0 Å². The Labute approximate surface area is 129 Å². The molecule has 0 bridgehead atoms. The number of anilines is 1. The third-order valence-corrected chi connectivity index (χ3v) is 6.50. The molecule has 0 radical (unpaired) electrons. The van der Waals surface area contributed by atoms with Crippen molar-refractivity contribution in [3.8, 4) is 0 Å². The second kappa shape index (κ2) is 5.95. The molecule has 0 saturated heterocycles. The van der Waals surface area contributed by atoms with Gasteiger partial charge in [0.2, 0.25) is 5.91 Å². The van der Waals surface area contributed by atoms with Crippen LogP contribution in [0.1, 0.15) is 32.8 Å². The fourth-order valence-corrected chi connectivity index (χ4v) is 3.83. The van der Waals surface area contributed by atoms with E-state index in [1.165, 1.54) is 25.7 Å². The molecule has 22 heavy (non-hydrogen) atoms. The molecule has 0 spiro atoms. The summed E-state index contributed by atoms with van der Waals surface area (Å²) in [4.78, 5) is 13.7. The third-order valence-electron chi connectivity index (χ3n) is 4.00. The first-order valence-electron chi connectivity index (χ1n) is 7.18. The van der Waals surface area contributed by atoms with Crippen LogP contribution in [-0.4, -0.2) is 31.4 Å². The summed E-state index contributed by atoms with van der Waals surface area (Å²) >= 11 is 0. The maximum Gasteiger partial charge on any atom is 0.245 e. The Hall–Kier alpha value is -1.50. The molecule has 2 rings (SSSR count). The molecule has 1 heterocycles. The molecule has 1 aromatic rings. The largest absolute Gasteiger partial charge is 0.311 e. The first kappa shape index (κ1) is 16.9. The highest BCUT2D eigenvalue weighted by molar-refractivity contribution is 7.93. The number of amides is 1. The average Bonchev–Trinajstić information content (AvgIpc) is 2.44. The van der Waals surface area contributed by atoms with Gasteiger partial charge in [-0.15, -0.1) is 0 Å². The molecule has 1 aromatic carbocycles. The number of benzene rings is 1. The van der Waals surface area contributed by atoms with Crippen LogP contribution in [0, 0.1) is 11.6 Å². The Morgan fingerprint density at radius 2 is 1.86 bits per heavy atom. The number of carbonyl (C=O) groups excluding carboxylic acids is 1. The van der Waals surface area contributed by atoms with E-state index < -0.39 is 37.9 Å². The number of nitrogens with zero attached hydrogens (tertiary/aromatic N) is 1. The van der Waals surface area contributed by atoms with Crippen LogP contribution in [-0.2, 0) is 21.1 Å². The van der Waals surface area contributed by atoms with E-state index in [-0.39, 0.29) is 17.8 Å². The van der Waals surface area contributed by atoms with E-state index in [1.54, 1.807) is 0 Å². The zero-order chi connectivity index (χ0) is 16.7. The quantitative estimate of drug-likeness (QED) is 0.855. The summed E-state index contributed by atoms with van der Waals surface area (Å²) in [5.41, 5.74) is 0.398. The van der Waals surface area contributed by atoms with Crippen molar-refractivity contribution in [1.82, 2.24) is 0 Å². The number of sulfone groups is 1. The van der Waals surface area contributed by atoms with Gasteiger partial charge < -0.3 is 4.90 Å². The van der Waals surface area contributed by atoms with Gasteiger partial charge in [-0.3, -0.25) is 4.79 Å². The van der Waals surface area contributed by atoms with E-state index in [0.29, 0.717) is 12.8 Å². The van der Waals surface area contributed by atoms with Gasteiger partial charge in [0.15, 0.2) is 9.84 Å². The Balaban J connectivity index is 2.42. The Morgan fingerprint density at radius 1 is 1.23 bits per heavy atom. The normalized spacial score (nSPS) is 16.5. The summed E-state index contributed by atoms with van der Waals surface area (Å²) in [6, 6.07) is 1.87. The molecule has 0 fully saturated rings. The lowest BCUT2D eigenvalue weighted by Crippen LogP contribution is -2.46. The zero-order valence-corrected chi connectivity index (χ0v) is 13.6. The molecule has 0 saturated carbocycles. The minimum Gasteiger partial charge on any atom is -0.311 e. The van der Waals surface area contributed by atoms with Crippen LogP contribution in [0.3, 0.4) is 0 Å². The van der Waals surface area contributed by atoms with E-state index in [9.17, 15) is 22.0 Å². The van der Waals surface area contributed by atoms with Crippen molar-refractivity contribution in [1.29, 1.82) is 0 Å². The highest BCUT2D eigenvalue weighted by Gasteiger charge is 2.36. The lowest BCUT2D eigenvalue weighted by Gasteiger charge is -2.32. The lowest BCUT2D eigenvalue weighted by molar-refractivity contribution is -0.118. The van der Waals surface area contributed by atoms with Crippen molar-refractivity contribution in [2.75, 3.05) is 11.4 Å². The Morgan fingerprint density at radius 3 is 2.45 bits per heavy atom. The highest BCUT2D eigenvalue weighted by Crippen LogP contribution is 2.31. The first-order chi connectivity index (χ1) is 10.2. The van der Waals surface area contributed by atoms with Gasteiger partial charge in [0, 0.05) is 18.2 Å². The SMILES string of the molecule is CC(C)S(=O)(=O)[C@H](C)C(=O)N1CCCc2c(F)cc(F)cc21. The van der Waals surface area contributed by atoms with Gasteiger partial charge in [-0.25, -0.2) is 17.2 Å². The first-order valence-corrected chi connectivity index (χ1v) is 8.79. The second-order valence-corrected chi connectivity index (χ2v) is 8.59. The van der Waals surface area contributed by atoms with Gasteiger partial charge in [0.25, 0.3) is 0 Å². The summed E-state index contributed by atoms with van der Waals surface area (Å²) in [6.07, 6.45) is 0.909. The van der Waals surface area contributed by atoms with Crippen LogP contribution in [0.4, 0.5) is 14.5 Å². The summed E-state index contributed by atoms with van der Waals surface area (Å²) in [5.74, 6) is -2.12. The zero-order valence-electron chi connectivity index (χ0n) is 12.8. The number of hydrogen-bond donors (Lipinski definition) is 0. The van der Waals surface area contributed by atoms with Gasteiger partial charge in [0.1, 0.15) is 16.9 Å². The van der Waals surface area contributed by atoms with Crippen molar-refractivity contribution in [3.63, 3.8) is 0 Å². The van der Waals surface area contributed by atoms with Crippen LogP contribution < -0.4 is 4.90 Å². The Kier molecular flexibility index (Phi) is 4.56. The summed E-state index contributed by atoms with van der Waals surface area (Å²) in [7, 11) is -3.63. The smallest absolute Gasteiger partial charge is 0.245 e. The van der Waals surface area contributed by atoms with E-state index in [2.05, 4.69) is 0 Å². The van der Waals surface area contributed by atoms with Crippen LogP contribution >= 0.6 is 0 Å². The van der Waals surface area contributed by atoms with Crippen molar-refractivity contribution in [2.24, 2.45) is 0 Å². The number of hydrogen-bond acceptors (Lipinski definition) is 3. The van der Waals surface area contributed by atoms with Crippen molar-refractivity contribution >= 4 is 21.4 Å². The van der Waals surface area contributed by atoms with Crippen molar-refractivity contribution in [3.05, 3.63) is 29.3 Å². The monoisotopic (exact) mass is 331 g/mol. The maximum atomic E-state index is 13.8. The van der Waals surface area contributed by atoms with E-state index in [1.807, 2.05) is 0 Å². The summed E-state index contributed by atoms with van der Waals surface area (Å²) in [5, 5.41) is -1.94. The molecule has 122 valence electrons. The van der Waals surface area contributed by atoms with Crippen molar-refractivity contribution in [2.45, 2.75) is 44.1 Å². The number of rotatable bonds is 3. The van der Waals surface area contributed by atoms with Gasteiger partial charge in [-0.2, -0.15) is 0 Å². The molecular formula is C15H19F2NO3S. The van der Waals surface area contributed by atoms with Crippen LogP contribution in [0.15, 0.2) is 12.1 Å².